The fourth-order valence-corrected chi connectivity index (χ4v) is 4.10. The molecule has 3 rings (SSSR count). The minimum atomic E-state index is 0.199. The molecule has 27 heavy (non-hydrogen) atoms. The lowest BCUT2D eigenvalue weighted by atomic mass is 10.1. The van der Waals surface area contributed by atoms with Gasteiger partial charge in [0.1, 0.15) is 17.0 Å². The number of thiophene rings is 1. The average Bonchev–Trinajstić information content (AvgIpc) is 3.13. The quantitative estimate of drug-likeness (QED) is 0.577. The Labute approximate surface area is 164 Å². The molecular weight excluding hydrogens is 356 g/mol. The Morgan fingerprint density at radius 2 is 1.85 bits per heavy atom. The van der Waals surface area contributed by atoms with Crippen molar-refractivity contribution in [2.45, 2.75) is 33.1 Å². The van der Waals surface area contributed by atoms with Crippen molar-refractivity contribution in [1.29, 1.82) is 0 Å². The molecule has 142 valence electrons. The van der Waals surface area contributed by atoms with Gasteiger partial charge in [-0.2, -0.15) is 0 Å². The van der Waals surface area contributed by atoms with Gasteiger partial charge in [0.2, 0.25) is 5.91 Å². The zero-order valence-corrected chi connectivity index (χ0v) is 16.8. The minimum absolute atomic E-state index is 0.199. The highest BCUT2D eigenvalue weighted by molar-refractivity contribution is 7.17. The highest BCUT2D eigenvalue weighted by Gasteiger charge is 2.14. The number of fused-ring (bicyclic) bond motifs is 1. The predicted octanol–water partition coefficient (Wildman–Crippen LogP) is 4.81. The predicted molar refractivity (Wildman–Crippen MR) is 113 cm³/mol. The molecule has 0 aliphatic heterocycles. The first-order valence-electron chi connectivity index (χ1n) is 9.53. The fourth-order valence-electron chi connectivity index (χ4n) is 3.19. The number of aromatic nitrogens is 2. The van der Waals surface area contributed by atoms with Gasteiger partial charge in [0.25, 0.3) is 0 Å². The minimum Gasteiger partial charge on any atom is -0.369 e. The summed E-state index contributed by atoms with van der Waals surface area (Å²) in [5.74, 6) is 0.996. The van der Waals surface area contributed by atoms with Crippen LogP contribution in [0, 0.1) is 0 Å². The number of hydrogen-bond donors (Lipinski definition) is 1. The smallest absolute Gasteiger partial charge is 0.224 e. The second-order valence-electron chi connectivity index (χ2n) is 6.48. The van der Waals surface area contributed by atoms with Crippen LogP contribution in [0.5, 0.6) is 0 Å². The van der Waals surface area contributed by atoms with Crippen molar-refractivity contribution in [2.75, 3.05) is 25.0 Å². The number of carbonyl (C=O) groups is 1. The summed E-state index contributed by atoms with van der Waals surface area (Å²) < 4.78 is 0. The molecule has 2 heterocycles. The van der Waals surface area contributed by atoms with Gasteiger partial charge in [-0.05, 0) is 18.4 Å². The fraction of sp³-hybridized carbons (Fsp3) is 0.381. The van der Waals surface area contributed by atoms with E-state index in [4.69, 9.17) is 0 Å². The van der Waals surface area contributed by atoms with Crippen molar-refractivity contribution in [3.8, 4) is 11.1 Å². The van der Waals surface area contributed by atoms with Crippen LogP contribution in [-0.4, -0.2) is 40.4 Å². The monoisotopic (exact) mass is 382 g/mol. The molecule has 0 unspecified atom stereocenters. The van der Waals surface area contributed by atoms with Crippen LogP contribution in [-0.2, 0) is 4.79 Å². The summed E-state index contributed by atoms with van der Waals surface area (Å²) in [4.78, 5) is 24.2. The van der Waals surface area contributed by atoms with Crippen LogP contribution in [0.3, 0.4) is 0 Å². The summed E-state index contributed by atoms with van der Waals surface area (Å²) in [6.07, 6.45) is 4.02. The van der Waals surface area contributed by atoms with Gasteiger partial charge in [0.15, 0.2) is 0 Å². The molecule has 5 nitrogen and oxygen atoms in total. The van der Waals surface area contributed by atoms with Gasteiger partial charge >= 0.3 is 0 Å². The first-order chi connectivity index (χ1) is 13.2. The lowest BCUT2D eigenvalue weighted by Gasteiger charge is -2.21. The van der Waals surface area contributed by atoms with Crippen LogP contribution in [0.1, 0.15) is 33.1 Å². The van der Waals surface area contributed by atoms with Crippen LogP contribution in [0.15, 0.2) is 42.0 Å². The Kier molecular flexibility index (Phi) is 6.76. The van der Waals surface area contributed by atoms with E-state index in [-0.39, 0.29) is 5.91 Å². The van der Waals surface area contributed by atoms with E-state index in [1.807, 2.05) is 23.1 Å². The second-order valence-corrected chi connectivity index (χ2v) is 7.33. The molecule has 6 heteroatoms. The summed E-state index contributed by atoms with van der Waals surface area (Å²) in [6, 6.07) is 10.3. The topological polar surface area (TPSA) is 58.1 Å². The SMILES string of the molecule is CCCN(CCC)C(=O)CCNc1ncnc2scc(-c3ccccc3)c12. The highest BCUT2D eigenvalue weighted by atomic mass is 32.1. The normalized spacial score (nSPS) is 10.9. The molecule has 0 radical (unpaired) electrons. The molecule has 0 aliphatic carbocycles. The Balaban J connectivity index is 1.74. The molecule has 0 fully saturated rings. The first-order valence-corrected chi connectivity index (χ1v) is 10.4. The van der Waals surface area contributed by atoms with E-state index in [2.05, 4.69) is 46.6 Å². The van der Waals surface area contributed by atoms with Gasteiger partial charge in [-0.3, -0.25) is 4.79 Å². The van der Waals surface area contributed by atoms with Gasteiger partial charge < -0.3 is 10.2 Å². The molecular formula is C21H26N4OS. The number of nitrogens with one attached hydrogen (secondary N) is 1. The molecule has 0 atom stereocenters. The summed E-state index contributed by atoms with van der Waals surface area (Å²) >= 11 is 1.61. The molecule has 0 saturated heterocycles. The lowest BCUT2D eigenvalue weighted by molar-refractivity contribution is -0.131. The summed E-state index contributed by atoms with van der Waals surface area (Å²) in [5.41, 5.74) is 2.28. The standard InChI is InChI=1S/C21H26N4OS/c1-3-12-25(13-4-2)18(26)10-11-22-20-19-17(16-8-6-5-7-9-16)14-27-21(19)24-15-23-20/h5-9,14-15H,3-4,10-13H2,1-2H3,(H,22,23,24). The summed E-state index contributed by atoms with van der Waals surface area (Å²) in [7, 11) is 0. The van der Waals surface area contributed by atoms with Crippen molar-refractivity contribution in [1.82, 2.24) is 14.9 Å². The molecule has 2 aromatic heterocycles. The van der Waals surface area contributed by atoms with Crippen molar-refractivity contribution >= 4 is 33.3 Å². The van der Waals surface area contributed by atoms with Crippen molar-refractivity contribution in [3.05, 3.63) is 42.0 Å². The molecule has 0 saturated carbocycles. The third-order valence-electron chi connectivity index (χ3n) is 4.43. The van der Waals surface area contributed by atoms with Gasteiger partial charge in [0.05, 0.1) is 5.39 Å². The summed E-state index contributed by atoms with van der Waals surface area (Å²) in [6.45, 7) is 6.43. The molecule has 3 aromatic rings. The maximum atomic E-state index is 12.5. The zero-order valence-electron chi connectivity index (χ0n) is 15.9. The number of benzene rings is 1. The number of hydrogen-bond acceptors (Lipinski definition) is 5. The van der Waals surface area contributed by atoms with Gasteiger partial charge in [0, 0.05) is 37.0 Å². The zero-order chi connectivity index (χ0) is 19.1. The van der Waals surface area contributed by atoms with E-state index >= 15 is 0 Å². The third-order valence-corrected chi connectivity index (χ3v) is 5.31. The Morgan fingerprint density at radius 1 is 1.11 bits per heavy atom. The van der Waals surface area contributed by atoms with Crippen molar-refractivity contribution in [3.63, 3.8) is 0 Å². The first kappa shape index (κ1) is 19.3. The average molecular weight is 383 g/mol. The van der Waals surface area contributed by atoms with Crippen molar-refractivity contribution in [2.24, 2.45) is 0 Å². The van der Waals surface area contributed by atoms with Gasteiger partial charge in [-0.25, -0.2) is 9.97 Å². The van der Waals surface area contributed by atoms with Gasteiger partial charge in [-0.15, -0.1) is 11.3 Å². The molecule has 0 bridgehead atoms. The number of nitrogens with zero attached hydrogens (tertiary/aromatic N) is 3. The van der Waals surface area contributed by atoms with Gasteiger partial charge in [-0.1, -0.05) is 44.2 Å². The molecule has 1 aromatic carbocycles. The number of carbonyl (C=O) groups excluding carboxylic acids is 1. The second kappa shape index (κ2) is 9.46. The van der Waals surface area contributed by atoms with Crippen LogP contribution in [0.4, 0.5) is 5.82 Å². The Morgan fingerprint density at radius 3 is 2.56 bits per heavy atom. The maximum absolute atomic E-state index is 12.5. The van der Waals surface area contributed by atoms with E-state index in [0.717, 1.165) is 53.1 Å². The van der Waals surface area contributed by atoms with Crippen LogP contribution >= 0.6 is 11.3 Å². The maximum Gasteiger partial charge on any atom is 0.224 e. The number of amides is 1. The largest absolute Gasteiger partial charge is 0.369 e. The molecule has 1 N–H and O–H groups in total. The van der Waals surface area contributed by atoms with E-state index in [1.54, 1.807) is 17.7 Å². The van der Waals surface area contributed by atoms with E-state index in [9.17, 15) is 4.79 Å². The van der Waals surface area contributed by atoms with Crippen LogP contribution in [0.2, 0.25) is 0 Å². The van der Waals surface area contributed by atoms with E-state index < -0.39 is 0 Å². The Bertz CT molecular complexity index is 872. The third kappa shape index (κ3) is 4.63. The molecule has 1 amide bonds. The lowest BCUT2D eigenvalue weighted by Crippen LogP contribution is -2.33. The Hall–Kier alpha value is -2.47. The van der Waals surface area contributed by atoms with Crippen molar-refractivity contribution < 1.29 is 4.79 Å². The van der Waals surface area contributed by atoms with E-state index in [0.29, 0.717) is 13.0 Å². The highest BCUT2D eigenvalue weighted by Crippen LogP contribution is 2.36. The van der Waals surface area contributed by atoms with Crippen LogP contribution < -0.4 is 5.32 Å². The number of anilines is 1. The molecule has 0 aliphatic rings. The number of rotatable bonds is 9. The molecule has 0 spiro atoms. The summed E-state index contributed by atoms with van der Waals surface area (Å²) in [5, 5.41) is 6.51. The van der Waals surface area contributed by atoms with E-state index in [1.165, 1.54) is 0 Å². The van der Waals surface area contributed by atoms with Crippen LogP contribution in [0.25, 0.3) is 21.3 Å².